The molecule has 2 heterocycles. The van der Waals surface area contributed by atoms with Crippen LogP contribution in [0.4, 0.5) is 0 Å². The summed E-state index contributed by atoms with van der Waals surface area (Å²) in [7, 11) is 0. The molecule has 0 spiro atoms. The van der Waals surface area contributed by atoms with Crippen molar-refractivity contribution in [1.82, 2.24) is 15.0 Å². The maximum absolute atomic E-state index is 11.4. The number of aromatic nitrogens is 3. The number of nitrogens with zero attached hydrogens (tertiary/aromatic N) is 3. The van der Waals surface area contributed by atoms with E-state index < -0.39 is 5.97 Å². The summed E-state index contributed by atoms with van der Waals surface area (Å²) in [4.78, 5) is 11.4. The maximum atomic E-state index is 11.4. The smallest absolute Gasteiger partial charge is 0.337 e. The number of hydrogen-bond acceptors (Lipinski definition) is 5. The zero-order chi connectivity index (χ0) is 26.3. The number of carboxylic acid groups (broad SMARTS) is 1. The van der Waals surface area contributed by atoms with Crippen LogP contribution in [-0.4, -0.2) is 26.1 Å². The van der Waals surface area contributed by atoms with E-state index in [9.17, 15) is 9.90 Å². The Morgan fingerprint density at radius 2 is 1.86 bits per heavy atom. The number of aryl methyl sites for hydroxylation is 1. The molecule has 0 bridgehead atoms. The van der Waals surface area contributed by atoms with E-state index in [4.69, 9.17) is 27.9 Å². The van der Waals surface area contributed by atoms with Crippen LogP contribution in [0.5, 0.6) is 5.75 Å². The Morgan fingerprint density at radius 3 is 2.54 bits per heavy atom. The number of carboxylic acids is 1. The average molecular weight is 552 g/mol. The zero-order valence-electron chi connectivity index (χ0n) is 20.3. The Labute approximate surface area is 228 Å². The maximum Gasteiger partial charge on any atom is 0.337 e. The predicted molar refractivity (Wildman–Crippen MR) is 149 cm³/mol. The van der Waals surface area contributed by atoms with Crippen LogP contribution in [0.15, 0.2) is 60.0 Å². The van der Waals surface area contributed by atoms with Gasteiger partial charge in [0.05, 0.1) is 21.3 Å². The molecular formula is C28H23Cl2N3O3S. The molecule has 9 heteroatoms. The van der Waals surface area contributed by atoms with Crippen LogP contribution in [0.25, 0.3) is 26.9 Å². The molecular weight excluding hydrogens is 529 g/mol. The van der Waals surface area contributed by atoms with Gasteiger partial charge in [-0.2, -0.15) is 0 Å². The van der Waals surface area contributed by atoms with E-state index in [0.29, 0.717) is 27.0 Å². The predicted octanol–water partition coefficient (Wildman–Crippen LogP) is 8.16. The number of hydrogen-bond donors (Lipinski definition) is 1. The topological polar surface area (TPSA) is 77.2 Å². The summed E-state index contributed by atoms with van der Waals surface area (Å²) in [6.07, 6.45) is 0. The molecule has 0 aliphatic heterocycles. The first-order chi connectivity index (χ1) is 17.7. The molecule has 188 valence electrons. The second-order valence-electron chi connectivity index (χ2n) is 8.99. The Hall–Kier alpha value is -3.39. The largest absolute Gasteiger partial charge is 0.487 e. The van der Waals surface area contributed by atoms with Gasteiger partial charge in [0, 0.05) is 15.5 Å². The van der Waals surface area contributed by atoms with Gasteiger partial charge >= 0.3 is 5.97 Å². The second kappa shape index (κ2) is 10.2. The van der Waals surface area contributed by atoms with Crippen molar-refractivity contribution in [3.05, 3.63) is 92.5 Å². The Bertz CT molecular complexity index is 1620. The van der Waals surface area contributed by atoms with Gasteiger partial charge in [-0.1, -0.05) is 66.5 Å². The van der Waals surface area contributed by atoms with Crippen LogP contribution in [0, 0.1) is 6.92 Å². The molecule has 37 heavy (non-hydrogen) atoms. The monoisotopic (exact) mass is 551 g/mol. The number of carbonyl (C=O) groups is 1. The molecule has 0 unspecified atom stereocenters. The van der Waals surface area contributed by atoms with Crippen LogP contribution in [-0.2, 0) is 6.61 Å². The SMILES string of the molecule is Cc1cc(OCc2c(C(C)C)nnn2-c2c(Cl)cccc2Cl)ccc1-c1ccc2c(C(=O)O)csc2c1. The fourth-order valence-electron chi connectivity index (χ4n) is 4.33. The van der Waals surface area contributed by atoms with Gasteiger partial charge in [-0.05, 0) is 59.9 Å². The summed E-state index contributed by atoms with van der Waals surface area (Å²) < 4.78 is 8.80. The molecule has 3 aromatic carbocycles. The van der Waals surface area contributed by atoms with Crippen LogP contribution in [0.3, 0.4) is 0 Å². The number of fused-ring (bicyclic) bond motifs is 1. The summed E-state index contributed by atoms with van der Waals surface area (Å²) in [6.45, 7) is 6.36. The highest BCUT2D eigenvalue weighted by Gasteiger charge is 2.21. The molecule has 0 atom stereocenters. The average Bonchev–Trinajstić information content (AvgIpc) is 3.47. The molecule has 0 aliphatic carbocycles. The molecule has 0 aliphatic rings. The van der Waals surface area contributed by atoms with Crippen molar-refractivity contribution in [2.45, 2.75) is 33.3 Å². The summed E-state index contributed by atoms with van der Waals surface area (Å²) >= 11 is 14.3. The highest BCUT2D eigenvalue weighted by atomic mass is 35.5. The van der Waals surface area contributed by atoms with Gasteiger partial charge in [-0.25, -0.2) is 9.48 Å². The highest BCUT2D eigenvalue weighted by molar-refractivity contribution is 7.17. The van der Waals surface area contributed by atoms with E-state index in [1.165, 1.54) is 11.3 Å². The molecule has 0 saturated carbocycles. The first-order valence-electron chi connectivity index (χ1n) is 11.6. The third-order valence-corrected chi connectivity index (χ3v) is 7.74. The zero-order valence-corrected chi connectivity index (χ0v) is 22.7. The minimum absolute atomic E-state index is 0.131. The summed E-state index contributed by atoms with van der Waals surface area (Å²) in [5.74, 6) is -0.0727. The van der Waals surface area contributed by atoms with E-state index in [1.807, 2.05) is 43.3 Å². The fraction of sp³-hybridized carbons (Fsp3) is 0.179. The van der Waals surface area contributed by atoms with Gasteiger partial charge in [0.15, 0.2) is 0 Å². The second-order valence-corrected chi connectivity index (χ2v) is 10.7. The molecule has 0 amide bonds. The lowest BCUT2D eigenvalue weighted by Crippen LogP contribution is -2.09. The summed E-state index contributed by atoms with van der Waals surface area (Å²) in [5.41, 5.74) is 5.62. The molecule has 5 rings (SSSR count). The van der Waals surface area contributed by atoms with Gasteiger partial charge in [-0.3, -0.25) is 0 Å². The third-order valence-electron chi connectivity index (χ3n) is 6.18. The summed E-state index contributed by atoms with van der Waals surface area (Å²) in [6, 6.07) is 17.1. The normalized spacial score (nSPS) is 11.4. The summed E-state index contributed by atoms with van der Waals surface area (Å²) in [5, 5.41) is 21.5. The molecule has 0 radical (unpaired) electrons. The number of aromatic carboxylic acids is 1. The number of rotatable bonds is 7. The van der Waals surface area contributed by atoms with Crippen LogP contribution >= 0.6 is 34.5 Å². The van der Waals surface area contributed by atoms with Crippen LogP contribution < -0.4 is 4.74 Å². The number of thiophene rings is 1. The van der Waals surface area contributed by atoms with Crippen molar-refractivity contribution in [1.29, 1.82) is 0 Å². The minimum atomic E-state index is -0.911. The Morgan fingerprint density at radius 1 is 1.11 bits per heavy atom. The van der Waals surface area contributed by atoms with Crippen molar-refractivity contribution in [3.63, 3.8) is 0 Å². The number of benzene rings is 3. The number of para-hydroxylation sites is 1. The van der Waals surface area contributed by atoms with E-state index in [2.05, 4.69) is 24.2 Å². The van der Waals surface area contributed by atoms with Gasteiger partial charge in [-0.15, -0.1) is 16.4 Å². The lowest BCUT2D eigenvalue weighted by atomic mass is 9.99. The standard InChI is InChI=1S/C28H23Cl2N3O3S/c1-15(2)26-24(33(32-31-26)27-22(29)5-4-6-23(27)30)13-36-18-8-10-19(16(3)11-18)17-7-9-20-21(28(34)35)14-37-25(20)12-17/h4-12,14-15H,13H2,1-3H3,(H,34,35). The van der Waals surface area contributed by atoms with Gasteiger partial charge in [0.25, 0.3) is 0 Å². The van der Waals surface area contributed by atoms with Crippen LogP contribution in [0.1, 0.15) is 47.1 Å². The molecule has 1 N–H and O–H groups in total. The van der Waals surface area contributed by atoms with Crippen molar-refractivity contribution in [3.8, 4) is 22.6 Å². The van der Waals surface area contributed by atoms with Gasteiger partial charge in [0.1, 0.15) is 23.7 Å². The number of ether oxygens (including phenoxy) is 1. The lowest BCUT2D eigenvalue weighted by molar-refractivity contribution is 0.0699. The highest BCUT2D eigenvalue weighted by Crippen LogP contribution is 2.34. The Balaban J connectivity index is 1.43. The van der Waals surface area contributed by atoms with Crippen molar-refractivity contribution in [2.75, 3.05) is 0 Å². The molecule has 5 aromatic rings. The number of halogens is 2. The van der Waals surface area contributed by atoms with Gasteiger partial charge in [0.2, 0.25) is 0 Å². The quantitative estimate of drug-likeness (QED) is 0.220. The van der Waals surface area contributed by atoms with Crippen molar-refractivity contribution >= 4 is 50.6 Å². The van der Waals surface area contributed by atoms with Crippen molar-refractivity contribution in [2.24, 2.45) is 0 Å². The Kier molecular flexibility index (Phi) is 6.94. The molecule has 2 aromatic heterocycles. The lowest BCUT2D eigenvalue weighted by Gasteiger charge is -2.14. The van der Waals surface area contributed by atoms with E-state index >= 15 is 0 Å². The molecule has 0 saturated heterocycles. The van der Waals surface area contributed by atoms with E-state index in [-0.39, 0.29) is 12.5 Å². The third kappa shape index (κ3) is 4.82. The van der Waals surface area contributed by atoms with Crippen molar-refractivity contribution < 1.29 is 14.6 Å². The molecule has 6 nitrogen and oxygen atoms in total. The minimum Gasteiger partial charge on any atom is -0.487 e. The fourth-order valence-corrected chi connectivity index (χ4v) is 5.86. The van der Waals surface area contributed by atoms with Crippen LogP contribution in [0.2, 0.25) is 10.0 Å². The van der Waals surface area contributed by atoms with E-state index in [1.54, 1.807) is 28.3 Å². The first-order valence-corrected chi connectivity index (χ1v) is 13.3. The van der Waals surface area contributed by atoms with Gasteiger partial charge < -0.3 is 9.84 Å². The molecule has 0 fully saturated rings. The van der Waals surface area contributed by atoms with E-state index in [0.717, 1.165) is 38.2 Å². The first kappa shape index (κ1) is 25.3.